The Hall–Kier alpha value is -2.56. The van der Waals surface area contributed by atoms with E-state index in [0.717, 1.165) is 16.9 Å². The Kier molecular flexibility index (Phi) is 6.39. The van der Waals surface area contributed by atoms with Crippen molar-refractivity contribution in [3.05, 3.63) is 59.9 Å². The van der Waals surface area contributed by atoms with Crippen LogP contribution in [0.1, 0.15) is 38.1 Å². The lowest BCUT2D eigenvalue weighted by Crippen LogP contribution is -2.44. The van der Waals surface area contributed by atoms with E-state index in [1.165, 1.54) is 0 Å². The van der Waals surface area contributed by atoms with Crippen LogP contribution in [0.15, 0.2) is 48.7 Å². The fourth-order valence-corrected chi connectivity index (χ4v) is 2.56. The molecule has 2 amide bonds. The first kappa shape index (κ1) is 18.8. The van der Waals surface area contributed by atoms with Crippen molar-refractivity contribution in [1.29, 1.82) is 0 Å². The van der Waals surface area contributed by atoms with Crippen LogP contribution in [0.5, 0.6) is 0 Å². The lowest BCUT2D eigenvalue weighted by atomic mass is 10.1. The van der Waals surface area contributed by atoms with Crippen molar-refractivity contribution in [2.45, 2.75) is 39.4 Å². The molecule has 0 spiro atoms. The summed E-state index contributed by atoms with van der Waals surface area (Å²) in [7, 11) is 4.03. The first-order valence-corrected chi connectivity index (χ1v) is 8.62. The minimum Gasteiger partial charge on any atom is -0.378 e. The fraction of sp³-hybridized carbons (Fsp3) is 0.400. The number of rotatable bonds is 6. The van der Waals surface area contributed by atoms with Gasteiger partial charge in [-0.3, -0.25) is 4.98 Å². The van der Waals surface area contributed by atoms with Crippen LogP contribution in [0.25, 0.3) is 0 Å². The Bertz CT molecular complexity index is 668. The van der Waals surface area contributed by atoms with E-state index in [4.69, 9.17) is 0 Å². The van der Waals surface area contributed by atoms with E-state index < -0.39 is 0 Å². The van der Waals surface area contributed by atoms with E-state index in [1.54, 1.807) is 6.20 Å². The van der Waals surface area contributed by atoms with Crippen LogP contribution in [0.2, 0.25) is 0 Å². The average molecular weight is 340 g/mol. The molecule has 0 fully saturated rings. The van der Waals surface area contributed by atoms with Crippen LogP contribution >= 0.6 is 0 Å². The molecule has 0 aliphatic rings. The Morgan fingerprint density at radius 3 is 2.28 bits per heavy atom. The van der Waals surface area contributed by atoms with Gasteiger partial charge in [0.05, 0.1) is 11.7 Å². The summed E-state index contributed by atoms with van der Waals surface area (Å²) in [6, 6.07) is 13.9. The highest BCUT2D eigenvalue weighted by molar-refractivity contribution is 5.75. The van der Waals surface area contributed by atoms with E-state index in [1.807, 2.05) is 58.0 Å². The van der Waals surface area contributed by atoms with Gasteiger partial charge in [0.2, 0.25) is 0 Å². The van der Waals surface area contributed by atoms with Crippen LogP contribution in [-0.4, -0.2) is 36.1 Å². The lowest BCUT2D eigenvalue weighted by Gasteiger charge is -2.29. The normalized spacial score (nSPS) is 11.9. The molecule has 1 aromatic carbocycles. The summed E-state index contributed by atoms with van der Waals surface area (Å²) in [5.74, 6) is 0. The van der Waals surface area contributed by atoms with Gasteiger partial charge in [-0.1, -0.05) is 18.2 Å². The quantitative estimate of drug-likeness (QED) is 0.869. The van der Waals surface area contributed by atoms with Crippen LogP contribution in [0.4, 0.5) is 10.5 Å². The average Bonchev–Trinajstić information content (AvgIpc) is 2.60. The summed E-state index contributed by atoms with van der Waals surface area (Å²) < 4.78 is 0. The second-order valence-electron chi connectivity index (χ2n) is 6.71. The molecule has 0 unspecified atom stereocenters. The fourth-order valence-electron chi connectivity index (χ4n) is 2.56. The number of carbonyl (C=O) groups is 1. The molecule has 0 radical (unpaired) electrons. The smallest absolute Gasteiger partial charge is 0.318 e. The van der Waals surface area contributed by atoms with Crippen molar-refractivity contribution in [3.8, 4) is 0 Å². The summed E-state index contributed by atoms with van der Waals surface area (Å²) in [6.07, 6.45) is 1.74. The van der Waals surface area contributed by atoms with E-state index in [2.05, 4.69) is 39.5 Å². The largest absolute Gasteiger partial charge is 0.378 e. The number of urea groups is 1. The predicted molar refractivity (Wildman–Crippen MR) is 103 cm³/mol. The van der Waals surface area contributed by atoms with Crippen molar-refractivity contribution in [1.82, 2.24) is 15.2 Å². The molecule has 0 saturated heterocycles. The van der Waals surface area contributed by atoms with Crippen molar-refractivity contribution in [3.63, 3.8) is 0 Å². The SMILES string of the molecule is CC(C)N(Cc1ccc(N(C)C)cc1)C(=O)N[C@@H](C)c1ccccn1. The van der Waals surface area contributed by atoms with E-state index >= 15 is 0 Å². The Morgan fingerprint density at radius 1 is 1.08 bits per heavy atom. The number of hydrogen-bond donors (Lipinski definition) is 1. The summed E-state index contributed by atoms with van der Waals surface area (Å²) >= 11 is 0. The third-order valence-electron chi connectivity index (χ3n) is 4.16. The number of pyridine rings is 1. The van der Waals surface area contributed by atoms with Crippen LogP contribution in [-0.2, 0) is 6.54 Å². The summed E-state index contributed by atoms with van der Waals surface area (Å²) in [5, 5.41) is 3.04. The number of anilines is 1. The van der Waals surface area contributed by atoms with Gasteiger partial charge in [0.1, 0.15) is 0 Å². The summed E-state index contributed by atoms with van der Waals surface area (Å²) in [6.45, 7) is 6.58. The standard InChI is InChI=1S/C20H28N4O/c1-15(2)24(14-17-9-11-18(12-10-17)23(4)5)20(25)22-16(3)19-8-6-7-13-21-19/h6-13,15-16H,14H2,1-5H3,(H,22,25)/t16-/m0/s1. The predicted octanol–water partition coefficient (Wildman–Crippen LogP) is 3.83. The van der Waals surface area contributed by atoms with Crippen LogP contribution in [0, 0.1) is 0 Å². The minimum absolute atomic E-state index is 0.0789. The molecule has 134 valence electrons. The van der Waals surface area contributed by atoms with E-state index in [-0.39, 0.29) is 18.1 Å². The highest BCUT2D eigenvalue weighted by Crippen LogP contribution is 2.16. The molecule has 25 heavy (non-hydrogen) atoms. The second-order valence-corrected chi connectivity index (χ2v) is 6.71. The first-order valence-electron chi connectivity index (χ1n) is 8.62. The molecule has 0 bridgehead atoms. The Balaban J connectivity index is 2.05. The van der Waals surface area contributed by atoms with E-state index in [9.17, 15) is 4.79 Å². The summed E-state index contributed by atoms with van der Waals surface area (Å²) in [5.41, 5.74) is 3.11. The van der Waals surface area contributed by atoms with Gasteiger partial charge in [0.25, 0.3) is 0 Å². The zero-order valence-corrected chi connectivity index (χ0v) is 15.7. The molecular weight excluding hydrogens is 312 g/mol. The maximum absolute atomic E-state index is 12.7. The highest BCUT2D eigenvalue weighted by atomic mass is 16.2. The zero-order chi connectivity index (χ0) is 18.4. The molecule has 1 atom stereocenters. The lowest BCUT2D eigenvalue weighted by molar-refractivity contribution is 0.176. The second kappa shape index (κ2) is 8.51. The minimum atomic E-state index is -0.133. The number of nitrogens with one attached hydrogen (secondary N) is 1. The molecule has 2 aromatic rings. The molecular formula is C20H28N4O. The number of carbonyl (C=O) groups excluding carboxylic acids is 1. The molecule has 1 aromatic heterocycles. The molecule has 5 heteroatoms. The highest BCUT2D eigenvalue weighted by Gasteiger charge is 2.20. The van der Waals surface area contributed by atoms with Gasteiger partial charge < -0.3 is 15.1 Å². The van der Waals surface area contributed by atoms with Gasteiger partial charge >= 0.3 is 6.03 Å². The molecule has 5 nitrogen and oxygen atoms in total. The third kappa shape index (κ3) is 5.21. The van der Waals surface area contributed by atoms with Gasteiger partial charge in [0, 0.05) is 38.6 Å². The van der Waals surface area contributed by atoms with Gasteiger partial charge in [-0.05, 0) is 50.6 Å². The van der Waals surface area contributed by atoms with E-state index in [0.29, 0.717) is 6.54 Å². The zero-order valence-electron chi connectivity index (χ0n) is 15.7. The maximum Gasteiger partial charge on any atom is 0.318 e. The Morgan fingerprint density at radius 2 is 1.76 bits per heavy atom. The number of amides is 2. The topological polar surface area (TPSA) is 48.5 Å². The number of nitrogens with zero attached hydrogens (tertiary/aromatic N) is 3. The molecule has 0 aliphatic heterocycles. The van der Waals surface area contributed by atoms with Crippen LogP contribution in [0.3, 0.4) is 0 Å². The third-order valence-corrected chi connectivity index (χ3v) is 4.16. The maximum atomic E-state index is 12.7. The molecule has 0 saturated carbocycles. The molecule has 2 rings (SSSR count). The summed E-state index contributed by atoms with van der Waals surface area (Å²) in [4.78, 5) is 20.9. The molecule has 0 aliphatic carbocycles. The van der Waals surface area contributed by atoms with Gasteiger partial charge in [-0.2, -0.15) is 0 Å². The first-order chi connectivity index (χ1) is 11.9. The Labute approximate surface area is 150 Å². The van der Waals surface area contributed by atoms with Crippen molar-refractivity contribution >= 4 is 11.7 Å². The van der Waals surface area contributed by atoms with Gasteiger partial charge in [0.15, 0.2) is 0 Å². The monoisotopic (exact) mass is 340 g/mol. The number of benzene rings is 1. The van der Waals surface area contributed by atoms with Crippen molar-refractivity contribution < 1.29 is 4.79 Å². The number of hydrogen-bond acceptors (Lipinski definition) is 3. The molecule has 1 N–H and O–H groups in total. The van der Waals surface area contributed by atoms with Gasteiger partial charge in [-0.15, -0.1) is 0 Å². The van der Waals surface area contributed by atoms with Crippen molar-refractivity contribution in [2.24, 2.45) is 0 Å². The van der Waals surface area contributed by atoms with Gasteiger partial charge in [-0.25, -0.2) is 4.79 Å². The van der Waals surface area contributed by atoms with Crippen molar-refractivity contribution in [2.75, 3.05) is 19.0 Å². The number of aromatic nitrogens is 1. The van der Waals surface area contributed by atoms with Crippen LogP contribution < -0.4 is 10.2 Å². The molecule has 1 heterocycles.